The van der Waals surface area contributed by atoms with Crippen LogP contribution in [0.2, 0.25) is 0 Å². The highest BCUT2D eigenvalue weighted by Gasteiger charge is 2.17. The lowest BCUT2D eigenvalue weighted by atomic mass is 9.99. The number of hydrogen-bond donors (Lipinski definition) is 0. The zero-order chi connectivity index (χ0) is 11.2. The van der Waals surface area contributed by atoms with Gasteiger partial charge in [-0.1, -0.05) is 15.9 Å². The van der Waals surface area contributed by atoms with Crippen molar-refractivity contribution in [3.63, 3.8) is 0 Å². The largest absolute Gasteiger partial charge is 0.337 e. The van der Waals surface area contributed by atoms with Gasteiger partial charge in [-0.3, -0.25) is 0 Å². The number of halogens is 1. The Morgan fingerprint density at radius 1 is 1.25 bits per heavy atom. The van der Waals surface area contributed by atoms with E-state index < -0.39 is 0 Å². The van der Waals surface area contributed by atoms with Gasteiger partial charge in [-0.05, 0) is 44.8 Å². The van der Waals surface area contributed by atoms with Gasteiger partial charge in [0.2, 0.25) is 0 Å². The Morgan fingerprint density at radius 2 is 2.06 bits per heavy atom. The molecule has 1 aromatic rings. The van der Waals surface area contributed by atoms with Gasteiger partial charge in [0.05, 0.1) is 6.33 Å². The average Bonchev–Trinajstić information content (AvgIpc) is 2.83. The van der Waals surface area contributed by atoms with Gasteiger partial charge >= 0.3 is 0 Å². The second-order valence-electron chi connectivity index (χ2n) is 4.59. The molecule has 0 unspecified atom stereocenters. The molecule has 2 rings (SSSR count). The van der Waals surface area contributed by atoms with E-state index in [0.29, 0.717) is 0 Å². The molecule has 1 aliphatic heterocycles. The first-order valence-corrected chi connectivity index (χ1v) is 7.24. The second-order valence-corrected chi connectivity index (χ2v) is 5.24. The van der Waals surface area contributed by atoms with Crippen LogP contribution in [0.5, 0.6) is 0 Å². The van der Waals surface area contributed by atoms with Crippen LogP contribution in [0.15, 0.2) is 18.7 Å². The smallest absolute Gasteiger partial charge is 0.0945 e. The Labute approximate surface area is 106 Å². The number of piperidine rings is 1. The van der Waals surface area contributed by atoms with E-state index in [2.05, 4.69) is 30.4 Å². The monoisotopic (exact) mass is 285 g/mol. The van der Waals surface area contributed by atoms with E-state index >= 15 is 0 Å². The molecule has 2 heterocycles. The third kappa shape index (κ3) is 3.59. The van der Waals surface area contributed by atoms with E-state index in [9.17, 15) is 0 Å². The number of rotatable bonds is 5. The summed E-state index contributed by atoms with van der Waals surface area (Å²) in [5, 5.41) is 1.18. The summed E-state index contributed by atoms with van der Waals surface area (Å²) in [7, 11) is 0. The highest BCUT2D eigenvalue weighted by molar-refractivity contribution is 9.09. The molecule has 1 aromatic heterocycles. The molecule has 0 aromatic carbocycles. The van der Waals surface area contributed by atoms with E-state index in [4.69, 9.17) is 0 Å². The van der Waals surface area contributed by atoms with Gasteiger partial charge < -0.3 is 9.47 Å². The molecule has 0 saturated carbocycles. The Bertz CT molecular complexity index is 278. The van der Waals surface area contributed by atoms with Gasteiger partial charge in [-0.25, -0.2) is 4.98 Å². The molecule has 3 nitrogen and oxygen atoms in total. The number of imidazole rings is 1. The fraction of sp³-hybridized carbons (Fsp3) is 0.750. The predicted molar refractivity (Wildman–Crippen MR) is 69.8 cm³/mol. The molecule has 0 radical (unpaired) electrons. The summed E-state index contributed by atoms with van der Waals surface area (Å²) in [5.41, 5.74) is 0. The van der Waals surface area contributed by atoms with Crippen LogP contribution in [0, 0.1) is 5.92 Å². The van der Waals surface area contributed by atoms with Gasteiger partial charge in [0, 0.05) is 24.3 Å². The van der Waals surface area contributed by atoms with Gasteiger partial charge in [-0.2, -0.15) is 0 Å². The summed E-state index contributed by atoms with van der Waals surface area (Å²) < 4.78 is 2.16. The van der Waals surface area contributed by atoms with Crippen LogP contribution in [0.25, 0.3) is 0 Å². The zero-order valence-corrected chi connectivity index (χ0v) is 11.3. The molecular formula is C12H20BrN3. The molecule has 90 valence electrons. The van der Waals surface area contributed by atoms with Gasteiger partial charge in [0.25, 0.3) is 0 Å². The van der Waals surface area contributed by atoms with Crippen molar-refractivity contribution in [2.75, 3.05) is 25.0 Å². The highest BCUT2D eigenvalue weighted by atomic mass is 79.9. The van der Waals surface area contributed by atoms with Crippen LogP contribution in [0.4, 0.5) is 0 Å². The van der Waals surface area contributed by atoms with Gasteiger partial charge in [0.1, 0.15) is 0 Å². The van der Waals surface area contributed by atoms with Crippen molar-refractivity contribution in [3.8, 4) is 0 Å². The Kier molecular flexibility index (Phi) is 4.85. The van der Waals surface area contributed by atoms with Gasteiger partial charge in [-0.15, -0.1) is 0 Å². The predicted octanol–water partition coefficient (Wildman–Crippen LogP) is 2.38. The molecule has 1 saturated heterocycles. The maximum Gasteiger partial charge on any atom is 0.0945 e. The van der Waals surface area contributed by atoms with Crippen molar-refractivity contribution in [3.05, 3.63) is 18.7 Å². The summed E-state index contributed by atoms with van der Waals surface area (Å²) in [4.78, 5) is 6.65. The van der Waals surface area contributed by atoms with Crippen LogP contribution in [0.1, 0.15) is 19.3 Å². The lowest BCUT2D eigenvalue weighted by molar-refractivity contribution is 0.190. The van der Waals surface area contributed by atoms with E-state index in [1.807, 2.05) is 18.7 Å². The maximum absolute atomic E-state index is 4.05. The fourth-order valence-electron chi connectivity index (χ4n) is 2.26. The Hall–Kier alpha value is -0.350. The summed E-state index contributed by atoms with van der Waals surface area (Å²) in [6, 6.07) is 0. The number of alkyl halides is 1. The molecule has 0 atom stereocenters. The standard InChI is InChI=1S/C12H20BrN3/c13-10-12-2-7-15(8-3-12)5-1-6-16-9-4-14-11-16/h4,9,11-12H,1-3,5-8,10H2. The van der Waals surface area contributed by atoms with Crippen molar-refractivity contribution in [2.24, 2.45) is 5.92 Å². The van der Waals surface area contributed by atoms with E-state index in [1.54, 1.807) is 0 Å². The minimum absolute atomic E-state index is 0.907. The molecule has 1 fully saturated rings. The van der Waals surface area contributed by atoms with E-state index in [-0.39, 0.29) is 0 Å². The molecule has 0 amide bonds. The first-order chi connectivity index (χ1) is 7.88. The highest BCUT2D eigenvalue weighted by Crippen LogP contribution is 2.18. The van der Waals surface area contributed by atoms with E-state index in [0.717, 1.165) is 12.5 Å². The minimum atomic E-state index is 0.907. The van der Waals surface area contributed by atoms with Crippen LogP contribution >= 0.6 is 15.9 Å². The molecule has 4 heteroatoms. The fourth-order valence-corrected chi connectivity index (χ4v) is 2.91. The van der Waals surface area contributed by atoms with Crippen LogP contribution in [0.3, 0.4) is 0 Å². The van der Waals surface area contributed by atoms with Crippen molar-refractivity contribution >= 4 is 15.9 Å². The molecule has 0 aliphatic carbocycles. The summed E-state index contributed by atoms with van der Waals surface area (Å²) in [6.07, 6.45) is 9.73. The van der Waals surface area contributed by atoms with Crippen LogP contribution in [-0.4, -0.2) is 39.4 Å². The molecule has 0 N–H and O–H groups in total. The normalized spacial score (nSPS) is 19.1. The maximum atomic E-state index is 4.05. The van der Waals surface area contributed by atoms with Crippen LogP contribution < -0.4 is 0 Å². The Morgan fingerprint density at radius 3 is 2.69 bits per heavy atom. The lowest BCUT2D eigenvalue weighted by Gasteiger charge is -2.31. The molecule has 16 heavy (non-hydrogen) atoms. The summed E-state index contributed by atoms with van der Waals surface area (Å²) in [6.45, 7) is 4.88. The van der Waals surface area contributed by atoms with Crippen molar-refractivity contribution in [1.29, 1.82) is 0 Å². The number of likely N-dealkylation sites (tertiary alicyclic amines) is 1. The van der Waals surface area contributed by atoms with Gasteiger partial charge in [0.15, 0.2) is 0 Å². The SMILES string of the molecule is BrCC1CCN(CCCn2ccnc2)CC1. The average molecular weight is 286 g/mol. The first-order valence-electron chi connectivity index (χ1n) is 6.12. The molecular weight excluding hydrogens is 266 g/mol. The first kappa shape index (κ1) is 12.1. The quantitative estimate of drug-likeness (QED) is 0.775. The molecule has 0 spiro atoms. The topological polar surface area (TPSA) is 21.1 Å². The number of nitrogens with zero attached hydrogens (tertiary/aromatic N) is 3. The van der Waals surface area contributed by atoms with Crippen molar-refractivity contribution in [1.82, 2.24) is 14.5 Å². The third-order valence-corrected chi connectivity index (χ3v) is 4.29. The Balaban J connectivity index is 1.60. The summed E-state index contributed by atoms with van der Waals surface area (Å²) >= 11 is 3.58. The van der Waals surface area contributed by atoms with Crippen LogP contribution in [-0.2, 0) is 6.54 Å². The number of hydrogen-bond acceptors (Lipinski definition) is 2. The third-order valence-electron chi connectivity index (χ3n) is 3.38. The lowest BCUT2D eigenvalue weighted by Crippen LogP contribution is -2.35. The van der Waals surface area contributed by atoms with Crippen molar-refractivity contribution in [2.45, 2.75) is 25.8 Å². The second kappa shape index (κ2) is 6.40. The number of aromatic nitrogens is 2. The number of aryl methyl sites for hydroxylation is 1. The minimum Gasteiger partial charge on any atom is -0.337 e. The zero-order valence-electron chi connectivity index (χ0n) is 9.69. The molecule has 0 bridgehead atoms. The van der Waals surface area contributed by atoms with Crippen molar-refractivity contribution < 1.29 is 0 Å². The molecule has 1 aliphatic rings. The summed E-state index contributed by atoms with van der Waals surface area (Å²) in [5.74, 6) is 0.907. The van der Waals surface area contributed by atoms with E-state index in [1.165, 1.54) is 44.2 Å².